The lowest BCUT2D eigenvalue weighted by Crippen LogP contribution is -2.30. The van der Waals surface area contributed by atoms with E-state index in [0.717, 1.165) is 16.9 Å². The predicted octanol–water partition coefficient (Wildman–Crippen LogP) is 3.33. The molecule has 0 aliphatic carbocycles. The molecule has 0 aromatic heterocycles. The highest BCUT2D eigenvalue weighted by molar-refractivity contribution is 5.94. The fraction of sp³-hybridized carbons (Fsp3) is 0.263. The van der Waals surface area contributed by atoms with Crippen LogP contribution in [0.5, 0.6) is 5.75 Å². The van der Waals surface area contributed by atoms with Crippen molar-refractivity contribution >= 4 is 5.91 Å². The number of rotatable bonds is 5. The Hall–Kier alpha value is -2.80. The maximum atomic E-state index is 12.3. The molecule has 0 heterocycles. The zero-order valence-electron chi connectivity index (χ0n) is 13.7. The van der Waals surface area contributed by atoms with Gasteiger partial charge < -0.3 is 9.64 Å². The second-order valence-corrected chi connectivity index (χ2v) is 5.59. The average Bonchev–Trinajstić information content (AvgIpc) is 2.53. The number of hydrogen-bond acceptors (Lipinski definition) is 3. The lowest BCUT2D eigenvalue weighted by Gasteiger charge is -2.18. The van der Waals surface area contributed by atoms with Gasteiger partial charge in [0.25, 0.3) is 5.91 Å². The number of hydrogen-bond donors (Lipinski definition) is 0. The molecule has 2 rings (SSSR count). The van der Waals surface area contributed by atoms with Gasteiger partial charge in [0.2, 0.25) is 0 Å². The van der Waals surface area contributed by atoms with Crippen LogP contribution in [-0.4, -0.2) is 31.0 Å². The molecule has 0 fully saturated rings. The minimum absolute atomic E-state index is 0.0847. The van der Waals surface area contributed by atoms with Crippen LogP contribution in [0.4, 0.5) is 0 Å². The third kappa shape index (κ3) is 4.58. The summed E-state index contributed by atoms with van der Waals surface area (Å²) in [5.74, 6) is 0.736. The minimum atomic E-state index is -0.0847. The standard InChI is InChI=1S/C19H20N2O2/c1-14-10-15(2)12-18(11-14)23-9-8-21(3)19(22)17-6-4-16(13-20)5-7-17/h4-7,10-12H,8-9H2,1-3H3. The molecule has 118 valence electrons. The first-order valence-corrected chi connectivity index (χ1v) is 7.46. The Morgan fingerprint density at radius 1 is 1.13 bits per heavy atom. The van der Waals surface area contributed by atoms with Gasteiger partial charge in [-0.15, -0.1) is 0 Å². The van der Waals surface area contributed by atoms with Gasteiger partial charge in [-0.25, -0.2) is 0 Å². The van der Waals surface area contributed by atoms with Gasteiger partial charge in [-0.05, 0) is 61.4 Å². The third-order valence-electron chi connectivity index (χ3n) is 3.50. The van der Waals surface area contributed by atoms with E-state index < -0.39 is 0 Å². The number of amides is 1. The first kappa shape index (κ1) is 16.6. The molecule has 1 amide bonds. The van der Waals surface area contributed by atoms with E-state index in [1.54, 1.807) is 36.2 Å². The summed E-state index contributed by atoms with van der Waals surface area (Å²) >= 11 is 0. The zero-order chi connectivity index (χ0) is 16.8. The van der Waals surface area contributed by atoms with E-state index in [1.807, 2.05) is 32.0 Å². The molecule has 0 atom stereocenters. The highest BCUT2D eigenvalue weighted by Crippen LogP contribution is 2.16. The second kappa shape index (κ2) is 7.46. The van der Waals surface area contributed by atoms with Crippen LogP contribution in [0.3, 0.4) is 0 Å². The molecule has 4 nitrogen and oxygen atoms in total. The van der Waals surface area contributed by atoms with Crippen LogP contribution in [0, 0.1) is 25.2 Å². The molecule has 0 unspecified atom stereocenters. The van der Waals surface area contributed by atoms with E-state index in [-0.39, 0.29) is 5.91 Å². The maximum Gasteiger partial charge on any atom is 0.253 e. The monoisotopic (exact) mass is 308 g/mol. The maximum absolute atomic E-state index is 12.3. The smallest absolute Gasteiger partial charge is 0.253 e. The number of likely N-dealkylation sites (N-methyl/N-ethyl adjacent to an activating group) is 1. The summed E-state index contributed by atoms with van der Waals surface area (Å²) in [6.45, 7) is 4.98. The van der Waals surface area contributed by atoms with Crippen molar-refractivity contribution in [3.63, 3.8) is 0 Å². The van der Waals surface area contributed by atoms with E-state index >= 15 is 0 Å². The van der Waals surface area contributed by atoms with Gasteiger partial charge in [-0.1, -0.05) is 6.07 Å². The Kier molecular flexibility index (Phi) is 5.37. The Balaban J connectivity index is 1.89. The van der Waals surface area contributed by atoms with E-state index in [4.69, 9.17) is 10.00 Å². The molecule has 0 N–H and O–H groups in total. The number of nitrogens with zero attached hydrogens (tertiary/aromatic N) is 2. The van der Waals surface area contributed by atoms with E-state index in [9.17, 15) is 4.79 Å². The molecule has 0 bridgehead atoms. The van der Waals surface area contributed by atoms with Gasteiger partial charge in [-0.3, -0.25) is 4.79 Å². The van der Waals surface area contributed by atoms with Crippen molar-refractivity contribution in [2.75, 3.05) is 20.2 Å². The first-order chi connectivity index (χ1) is 11.0. The van der Waals surface area contributed by atoms with Crippen LogP contribution >= 0.6 is 0 Å². The number of aryl methyl sites for hydroxylation is 2. The van der Waals surface area contributed by atoms with Crippen molar-refractivity contribution in [2.24, 2.45) is 0 Å². The molecule has 0 radical (unpaired) electrons. The van der Waals surface area contributed by atoms with Crippen molar-refractivity contribution in [3.05, 3.63) is 64.7 Å². The lowest BCUT2D eigenvalue weighted by molar-refractivity contribution is 0.0773. The molecular formula is C19H20N2O2. The van der Waals surface area contributed by atoms with Gasteiger partial charge >= 0.3 is 0 Å². The van der Waals surface area contributed by atoms with Gasteiger partial charge in [0, 0.05) is 12.6 Å². The van der Waals surface area contributed by atoms with Crippen LogP contribution in [0.1, 0.15) is 27.0 Å². The molecule has 0 aliphatic heterocycles. The summed E-state index contributed by atoms with van der Waals surface area (Å²) in [5, 5.41) is 8.78. The summed E-state index contributed by atoms with van der Waals surface area (Å²) in [5.41, 5.74) is 3.42. The summed E-state index contributed by atoms with van der Waals surface area (Å²) in [7, 11) is 1.74. The normalized spacial score (nSPS) is 10.0. The highest BCUT2D eigenvalue weighted by Gasteiger charge is 2.11. The number of ether oxygens (including phenoxy) is 1. The van der Waals surface area contributed by atoms with Gasteiger partial charge in [0.1, 0.15) is 12.4 Å². The minimum Gasteiger partial charge on any atom is -0.492 e. The first-order valence-electron chi connectivity index (χ1n) is 7.46. The number of carbonyl (C=O) groups excluding carboxylic acids is 1. The molecule has 23 heavy (non-hydrogen) atoms. The predicted molar refractivity (Wildman–Crippen MR) is 89.5 cm³/mol. The number of benzene rings is 2. The molecule has 0 aliphatic rings. The average molecular weight is 308 g/mol. The number of carbonyl (C=O) groups is 1. The third-order valence-corrected chi connectivity index (χ3v) is 3.50. The van der Waals surface area contributed by atoms with Gasteiger partial charge in [0.15, 0.2) is 0 Å². The van der Waals surface area contributed by atoms with Crippen LogP contribution in [0.25, 0.3) is 0 Å². The summed E-state index contributed by atoms with van der Waals surface area (Å²) in [6, 6.07) is 14.7. The molecule has 0 saturated heterocycles. The van der Waals surface area contributed by atoms with Gasteiger partial charge in [-0.2, -0.15) is 5.26 Å². The Labute approximate surface area is 136 Å². The van der Waals surface area contributed by atoms with Crippen molar-refractivity contribution in [2.45, 2.75) is 13.8 Å². The number of nitriles is 1. The summed E-state index contributed by atoms with van der Waals surface area (Å²) in [6.07, 6.45) is 0. The lowest BCUT2D eigenvalue weighted by atomic mass is 10.1. The molecule has 0 spiro atoms. The quantitative estimate of drug-likeness (QED) is 0.851. The fourth-order valence-electron chi connectivity index (χ4n) is 2.33. The van der Waals surface area contributed by atoms with Crippen molar-refractivity contribution in [1.82, 2.24) is 4.90 Å². The molecule has 2 aromatic carbocycles. The molecular weight excluding hydrogens is 288 g/mol. The molecule has 0 saturated carbocycles. The molecule has 4 heteroatoms. The second-order valence-electron chi connectivity index (χ2n) is 5.59. The van der Waals surface area contributed by atoms with Crippen LogP contribution < -0.4 is 4.74 Å². The highest BCUT2D eigenvalue weighted by atomic mass is 16.5. The molecule has 2 aromatic rings. The SMILES string of the molecule is Cc1cc(C)cc(OCCN(C)C(=O)c2ccc(C#N)cc2)c1. The topological polar surface area (TPSA) is 53.3 Å². The van der Waals surface area contributed by atoms with E-state index in [0.29, 0.717) is 24.3 Å². The van der Waals surface area contributed by atoms with Crippen molar-refractivity contribution in [3.8, 4) is 11.8 Å². The summed E-state index contributed by atoms with van der Waals surface area (Å²) in [4.78, 5) is 13.9. The largest absolute Gasteiger partial charge is 0.492 e. The Morgan fingerprint density at radius 3 is 2.30 bits per heavy atom. The zero-order valence-corrected chi connectivity index (χ0v) is 13.7. The van der Waals surface area contributed by atoms with E-state index in [2.05, 4.69) is 6.07 Å². The van der Waals surface area contributed by atoms with Gasteiger partial charge in [0.05, 0.1) is 18.2 Å². The fourth-order valence-corrected chi connectivity index (χ4v) is 2.33. The Morgan fingerprint density at radius 2 is 1.74 bits per heavy atom. The van der Waals surface area contributed by atoms with Crippen LogP contribution in [-0.2, 0) is 0 Å². The summed E-state index contributed by atoms with van der Waals surface area (Å²) < 4.78 is 5.72. The van der Waals surface area contributed by atoms with Crippen LogP contribution in [0.2, 0.25) is 0 Å². The van der Waals surface area contributed by atoms with Crippen molar-refractivity contribution in [1.29, 1.82) is 5.26 Å². The van der Waals surface area contributed by atoms with E-state index in [1.165, 1.54) is 0 Å². The van der Waals surface area contributed by atoms with Crippen LogP contribution in [0.15, 0.2) is 42.5 Å². The Bertz CT molecular complexity index is 710. The van der Waals surface area contributed by atoms with Crippen molar-refractivity contribution < 1.29 is 9.53 Å².